The van der Waals surface area contributed by atoms with E-state index in [1.807, 2.05) is 0 Å². The van der Waals surface area contributed by atoms with Crippen molar-refractivity contribution in [2.45, 2.75) is 42.9 Å². The molecule has 2 aliphatic heterocycles. The molecule has 0 aliphatic carbocycles. The molecule has 1 fully saturated rings. The number of Topliss-reactive ketones (excluding diaryl/α,β-unsaturated/α-hetero) is 1. The van der Waals surface area contributed by atoms with Gasteiger partial charge in [-0.05, 0) is 17.7 Å². The highest BCUT2D eigenvalue weighted by molar-refractivity contribution is 6.05. The smallest absolute Gasteiger partial charge is 0.203 e. The van der Waals surface area contributed by atoms with Gasteiger partial charge in [0.2, 0.25) is 5.78 Å². The maximum atomic E-state index is 13.3. The number of ketones is 1. The van der Waals surface area contributed by atoms with Gasteiger partial charge in [-0.2, -0.15) is 0 Å². The van der Waals surface area contributed by atoms with E-state index in [1.54, 1.807) is 0 Å². The summed E-state index contributed by atoms with van der Waals surface area (Å²) in [5, 5.41) is 79.2. The molecule has 0 spiro atoms. The molecule has 33 heavy (non-hydrogen) atoms. The van der Waals surface area contributed by atoms with Crippen molar-refractivity contribution in [2.24, 2.45) is 0 Å². The standard InChI is InChI=1S/C21H22O12/c22-6-13-15(27)17(29)18(30)21(32-13)33-20-16(28)14-11(26)4-8(23)5-12(14)31-19(20)7-1-2-9(24)10(25)3-7/h1-5,13,15,17-27,29-30H,6H2/t13-,15-,17-,18-,19+,20-,21+/m1/s1. The number of phenols is 4. The summed E-state index contributed by atoms with van der Waals surface area (Å²) in [7, 11) is 0. The zero-order valence-corrected chi connectivity index (χ0v) is 16.8. The summed E-state index contributed by atoms with van der Waals surface area (Å²) in [5.41, 5.74) is -0.191. The summed E-state index contributed by atoms with van der Waals surface area (Å²) in [6.07, 6.45) is -11.2. The number of fused-ring (bicyclic) bond motifs is 1. The average molecular weight is 466 g/mol. The van der Waals surface area contributed by atoms with Crippen molar-refractivity contribution in [1.29, 1.82) is 0 Å². The van der Waals surface area contributed by atoms with Crippen LogP contribution in [0.25, 0.3) is 0 Å². The Morgan fingerprint density at radius 2 is 1.61 bits per heavy atom. The lowest BCUT2D eigenvalue weighted by Crippen LogP contribution is -2.60. The number of benzene rings is 2. The molecule has 8 N–H and O–H groups in total. The van der Waals surface area contributed by atoms with Crippen LogP contribution in [0.4, 0.5) is 0 Å². The third kappa shape index (κ3) is 4.04. The van der Waals surface area contributed by atoms with E-state index in [9.17, 15) is 45.6 Å². The van der Waals surface area contributed by atoms with Gasteiger partial charge in [-0.3, -0.25) is 4.79 Å². The van der Waals surface area contributed by atoms with Gasteiger partial charge in [0.15, 0.2) is 30.0 Å². The van der Waals surface area contributed by atoms with Gasteiger partial charge in [-0.15, -0.1) is 0 Å². The molecule has 0 saturated carbocycles. The molecule has 2 aromatic carbocycles. The first-order valence-corrected chi connectivity index (χ1v) is 9.87. The highest BCUT2D eigenvalue weighted by Crippen LogP contribution is 2.44. The Morgan fingerprint density at radius 1 is 0.879 bits per heavy atom. The SMILES string of the molecule is O=C1c2c(O)cc(O)cc2O[C@@H](c2ccc(O)c(O)c2)[C@@H]1O[C@@H]1O[C@H](CO)[C@@H](O)[C@@H](O)[C@H]1O. The first kappa shape index (κ1) is 23.0. The monoisotopic (exact) mass is 466 g/mol. The van der Waals surface area contributed by atoms with Crippen LogP contribution in [0.15, 0.2) is 30.3 Å². The van der Waals surface area contributed by atoms with Gasteiger partial charge in [-0.25, -0.2) is 0 Å². The maximum Gasteiger partial charge on any atom is 0.203 e. The number of hydrogen-bond acceptors (Lipinski definition) is 12. The van der Waals surface area contributed by atoms with Crippen LogP contribution in [0.1, 0.15) is 22.0 Å². The largest absolute Gasteiger partial charge is 0.508 e. The van der Waals surface area contributed by atoms with Gasteiger partial charge in [0.25, 0.3) is 0 Å². The molecule has 178 valence electrons. The van der Waals surface area contributed by atoms with Gasteiger partial charge >= 0.3 is 0 Å². The molecule has 0 amide bonds. The first-order chi connectivity index (χ1) is 15.6. The minimum absolute atomic E-state index is 0.140. The van der Waals surface area contributed by atoms with E-state index in [0.717, 1.165) is 24.3 Å². The molecule has 12 nitrogen and oxygen atoms in total. The van der Waals surface area contributed by atoms with E-state index >= 15 is 0 Å². The summed E-state index contributed by atoms with van der Waals surface area (Å²) in [6.45, 7) is -0.724. The molecule has 0 bridgehead atoms. The van der Waals surface area contributed by atoms with E-state index in [0.29, 0.717) is 0 Å². The lowest BCUT2D eigenvalue weighted by atomic mass is 9.92. The van der Waals surface area contributed by atoms with Crippen LogP contribution in [-0.4, -0.2) is 90.1 Å². The number of aromatic hydroxyl groups is 4. The van der Waals surface area contributed by atoms with Gasteiger partial charge in [-0.1, -0.05) is 6.07 Å². The fourth-order valence-corrected chi connectivity index (χ4v) is 3.82. The van der Waals surface area contributed by atoms with Crippen LogP contribution >= 0.6 is 0 Å². The average Bonchev–Trinajstić information content (AvgIpc) is 2.76. The number of carbonyl (C=O) groups excluding carboxylic acids is 1. The second-order valence-corrected chi connectivity index (χ2v) is 7.74. The lowest BCUT2D eigenvalue weighted by molar-refractivity contribution is -0.311. The predicted octanol–water partition coefficient (Wildman–Crippen LogP) is -0.990. The summed E-state index contributed by atoms with van der Waals surface area (Å²) >= 11 is 0. The van der Waals surface area contributed by atoms with Gasteiger partial charge in [0.1, 0.15) is 47.2 Å². The molecule has 7 atom stereocenters. The molecule has 4 rings (SSSR count). The van der Waals surface area contributed by atoms with Crippen LogP contribution < -0.4 is 4.74 Å². The predicted molar refractivity (Wildman–Crippen MR) is 106 cm³/mol. The van der Waals surface area contributed by atoms with E-state index in [1.165, 1.54) is 6.07 Å². The molecule has 0 unspecified atom stereocenters. The van der Waals surface area contributed by atoms with Crippen molar-refractivity contribution in [1.82, 2.24) is 0 Å². The second kappa shape index (κ2) is 8.67. The fourth-order valence-electron chi connectivity index (χ4n) is 3.82. The number of phenolic OH excluding ortho intramolecular Hbond substituents is 4. The Kier molecular flexibility index (Phi) is 6.05. The van der Waals surface area contributed by atoms with Crippen LogP contribution in [0.5, 0.6) is 28.7 Å². The van der Waals surface area contributed by atoms with Crippen molar-refractivity contribution in [2.75, 3.05) is 6.61 Å². The summed E-state index contributed by atoms with van der Waals surface area (Å²) < 4.78 is 16.7. The van der Waals surface area contributed by atoms with Crippen LogP contribution in [0.3, 0.4) is 0 Å². The third-order valence-corrected chi connectivity index (χ3v) is 5.56. The Labute approximate surface area is 186 Å². The van der Waals surface area contributed by atoms with Crippen molar-refractivity contribution in [3.05, 3.63) is 41.5 Å². The van der Waals surface area contributed by atoms with E-state index < -0.39 is 72.6 Å². The highest BCUT2D eigenvalue weighted by atomic mass is 16.7. The second-order valence-electron chi connectivity index (χ2n) is 7.74. The molecular formula is C21H22O12. The molecule has 2 aromatic rings. The zero-order chi connectivity index (χ0) is 24.0. The topological polar surface area (TPSA) is 207 Å². The Morgan fingerprint density at radius 3 is 2.27 bits per heavy atom. The minimum Gasteiger partial charge on any atom is -0.508 e. The quantitative estimate of drug-likeness (QED) is 0.256. The third-order valence-electron chi connectivity index (χ3n) is 5.56. The fraction of sp³-hybridized carbons (Fsp3) is 0.381. The number of aliphatic hydroxyl groups is 4. The van der Waals surface area contributed by atoms with Gasteiger partial charge in [0, 0.05) is 12.1 Å². The summed E-state index contributed by atoms with van der Waals surface area (Å²) in [5.74, 6) is -3.00. The molecule has 1 saturated heterocycles. The summed E-state index contributed by atoms with van der Waals surface area (Å²) in [6, 6.07) is 5.57. The molecule has 2 aliphatic rings. The van der Waals surface area contributed by atoms with Crippen molar-refractivity contribution >= 4 is 5.78 Å². The number of hydrogen-bond donors (Lipinski definition) is 8. The van der Waals surface area contributed by atoms with Crippen LogP contribution in [0.2, 0.25) is 0 Å². The van der Waals surface area contributed by atoms with Crippen LogP contribution in [0, 0.1) is 0 Å². The van der Waals surface area contributed by atoms with Gasteiger partial charge < -0.3 is 55.1 Å². The molecule has 0 aromatic heterocycles. The molecular weight excluding hydrogens is 444 g/mol. The van der Waals surface area contributed by atoms with Gasteiger partial charge in [0.05, 0.1) is 6.61 Å². The van der Waals surface area contributed by atoms with E-state index in [2.05, 4.69) is 0 Å². The Hall–Kier alpha value is -3.13. The number of rotatable bonds is 4. The van der Waals surface area contributed by atoms with Crippen molar-refractivity contribution in [3.63, 3.8) is 0 Å². The molecule has 2 heterocycles. The number of ether oxygens (including phenoxy) is 3. The number of carbonyl (C=O) groups is 1. The maximum absolute atomic E-state index is 13.3. The van der Waals surface area contributed by atoms with E-state index in [4.69, 9.17) is 14.2 Å². The normalized spacial score (nSPS) is 31.6. The minimum atomic E-state index is -1.82. The highest BCUT2D eigenvalue weighted by Gasteiger charge is 2.49. The molecule has 12 heteroatoms. The van der Waals surface area contributed by atoms with Crippen molar-refractivity contribution in [3.8, 4) is 28.7 Å². The Balaban J connectivity index is 1.75. The first-order valence-electron chi connectivity index (χ1n) is 9.87. The lowest BCUT2D eigenvalue weighted by Gasteiger charge is -2.42. The Bertz CT molecular complexity index is 1050. The summed E-state index contributed by atoms with van der Waals surface area (Å²) in [4.78, 5) is 13.3. The molecule has 0 radical (unpaired) electrons. The zero-order valence-electron chi connectivity index (χ0n) is 16.8. The van der Waals surface area contributed by atoms with E-state index in [-0.39, 0.29) is 22.6 Å². The van der Waals surface area contributed by atoms with Crippen LogP contribution in [-0.2, 0) is 9.47 Å². The number of aliphatic hydroxyl groups excluding tert-OH is 4. The van der Waals surface area contributed by atoms with Crippen molar-refractivity contribution < 1.29 is 59.9 Å².